The monoisotopic (exact) mass is 443 g/mol. The standard InChI is InChI=1S/C20H19Cl2N7O/c1-12-7-8-29(20-25-27-28(2)26-20)11-15(12)13-3-5-14(6-4-13)24-19(30)18-16(21)9-23-10-17(18)22/h3-6,9-10H,7-8,11H2,1-2H3,(H,24,30). The van der Waals surface area contributed by atoms with Crippen LogP contribution in [0.4, 0.5) is 11.6 Å². The molecule has 0 spiro atoms. The molecule has 0 bridgehead atoms. The minimum Gasteiger partial charge on any atom is -0.334 e. The third kappa shape index (κ3) is 4.15. The minimum atomic E-state index is -0.381. The predicted octanol–water partition coefficient (Wildman–Crippen LogP) is 3.85. The van der Waals surface area contributed by atoms with Gasteiger partial charge in [0, 0.05) is 31.2 Å². The summed E-state index contributed by atoms with van der Waals surface area (Å²) >= 11 is 12.1. The molecule has 0 saturated heterocycles. The number of hydrogen-bond acceptors (Lipinski definition) is 6. The number of amides is 1. The zero-order valence-electron chi connectivity index (χ0n) is 16.4. The molecule has 1 aliphatic heterocycles. The summed E-state index contributed by atoms with van der Waals surface area (Å²) < 4.78 is 0. The lowest BCUT2D eigenvalue weighted by atomic mass is 9.95. The second kappa shape index (κ2) is 8.41. The molecule has 0 fully saturated rings. The molecule has 10 heteroatoms. The van der Waals surface area contributed by atoms with E-state index in [9.17, 15) is 4.79 Å². The fraction of sp³-hybridized carbons (Fsp3) is 0.250. The number of aromatic nitrogens is 5. The van der Waals surface area contributed by atoms with Crippen LogP contribution in [0.3, 0.4) is 0 Å². The SMILES string of the molecule is CC1=C(c2ccc(NC(=O)c3c(Cl)cncc3Cl)cc2)CN(c2nnn(C)n2)CC1. The third-order valence-electron chi connectivity index (χ3n) is 4.97. The first-order chi connectivity index (χ1) is 14.4. The molecule has 0 saturated carbocycles. The van der Waals surface area contributed by atoms with Crippen LogP contribution in [0.15, 0.2) is 42.2 Å². The maximum absolute atomic E-state index is 12.6. The fourth-order valence-corrected chi connectivity index (χ4v) is 3.88. The Hall–Kier alpha value is -2.97. The van der Waals surface area contributed by atoms with Crippen molar-refractivity contribution >= 4 is 46.3 Å². The molecule has 154 valence electrons. The van der Waals surface area contributed by atoms with E-state index in [2.05, 4.69) is 37.5 Å². The molecule has 1 amide bonds. The Labute approximate surface area is 183 Å². The van der Waals surface area contributed by atoms with Crippen LogP contribution in [0, 0.1) is 0 Å². The molecular weight excluding hydrogens is 425 g/mol. The van der Waals surface area contributed by atoms with E-state index in [0.29, 0.717) is 18.2 Å². The van der Waals surface area contributed by atoms with Gasteiger partial charge < -0.3 is 10.2 Å². The molecule has 3 heterocycles. The van der Waals surface area contributed by atoms with Crippen LogP contribution >= 0.6 is 23.2 Å². The molecule has 3 aromatic rings. The summed E-state index contributed by atoms with van der Waals surface area (Å²) in [5.41, 5.74) is 4.47. The number of nitrogens with one attached hydrogen (secondary N) is 1. The van der Waals surface area contributed by atoms with Gasteiger partial charge in [-0.05, 0) is 41.8 Å². The number of anilines is 2. The number of rotatable bonds is 4. The second-order valence-electron chi connectivity index (χ2n) is 7.02. The van der Waals surface area contributed by atoms with Crippen molar-refractivity contribution in [3.05, 3.63) is 63.4 Å². The lowest BCUT2D eigenvalue weighted by Crippen LogP contribution is -2.31. The van der Waals surface area contributed by atoms with Crippen LogP contribution in [-0.2, 0) is 7.05 Å². The summed E-state index contributed by atoms with van der Waals surface area (Å²) in [6, 6.07) is 7.68. The molecule has 0 unspecified atom stereocenters. The lowest BCUT2D eigenvalue weighted by Gasteiger charge is -2.29. The first-order valence-corrected chi connectivity index (χ1v) is 10.1. The van der Waals surface area contributed by atoms with Gasteiger partial charge in [0.15, 0.2) is 0 Å². The highest BCUT2D eigenvalue weighted by atomic mass is 35.5. The van der Waals surface area contributed by atoms with E-state index in [-0.39, 0.29) is 21.5 Å². The quantitative estimate of drug-likeness (QED) is 0.658. The van der Waals surface area contributed by atoms with Crippen LogP contribution in [-0.4, -0.2) is 44.2 Å². The predicted molar refractivity (Wildman–Crippen MR) is 117 cm³/mol. The van der Waals surface area contributed by atoms with Crippen LogP contribution in [0.2, 0.25) is 10.0 Å². The smallest absolute Gasteiger partial charge is 0.266 e. The van der Waals surface area contributed by atoms with E-state index in [1.807, 2.05) is 24.3 Å². The lowest BCUT2D eigenvalue weighted by molar-refractivity contribution is 0.102. The van der Waals surface area contributed by atoms with E-state index in [1.54, 1.807) is 7.05 Å². The number of hydrogen-bond donors (Lipinski definition) is 1. The van der Waals surface area contributed by atoms with Gasteiger partial charge in [0.25, 0.3) is 11.9 Å². The summed E-state index contributed by atoms with van der Waals surface area (Å²) in [5, 5.41) is 15.6. The largest absolute Gasteiger partial charge is 0.334 e. The van der Waals surface area contributed by atoms with Crippen molar-refractivity contribution in [3.63, 3.8) is 0 Å². The Morgan fingerprint density at radius 2 is 1.83 bits per heavy atom. The molecule has 1 N–H and O–H groups in total. The molecule has 0 radical (unpaired) electrons. The van der Waals surface area contributed by atoms with E-state index in [4.69, 9.17) is 23.2 Å². The van der Waals surface area contributed by atoms with Crippen molar-refractivity contribution in [2.45, 2.75) is 13.3 Å². The van der Waals surface area contributed by atoms with E-state index >= 15 is 0 Å². The molecule has 2 aromatic heterocycles. The highest BCUT2D eigenvalue weighted by Gasteiger charge is 2.21. The second-order valence-corrected chi connectivity index (χ2v) is 7.83. The van der Waals surface area contributed by atoms with Gasteiger partial charge in [0.1, 0.15) is 0 Å². The summed E-state index contributed by atoms with van der Waals surface area (Å²) in [5.74, 6) is 0.241. The summed E-state index contributed by atoms with van der Waals surface area (Å²) in [6.45, 7) is 3.69. The third-order valence-corrected chi connectivity index (χ3v) is 5.55. The number of tetrazole rings is 1. The zero-order chi connectivity index (χ0) is 21.3. The molecule has 1 aliphatic rings. The first-order valence-electron chi connectivity index (χ1n) is 9.30. The van der Waals surface area contributed by atoms with Gasteiger partial charge >= 0.3 is 0 Å². The fourth-order valence-electron chi connectivity index (χ4n) is 3.34. The van der Waals surface area contributed by atoms with Crippen LogP contribution in [0.5, 0.6) is 0 Å². The van der Waals surface area contributed by atoms with Gasteiger partial charge in [-0.15, -0.1) is 5.10 Å². The van der Waals surface area contributed by atoms with Crippen molar-refractivity contribution in [1.82, 2.24) is 25.2 Å². The van der Waals surface area contributed by atoms with Crippen molar-refractivity contribution in [2.24, 2.45) is 7.05 Å². The maximum atomic E-state index is 12.6. The molecule has 8 nitrogen and oxygen atoms in total. The molecule has 1 aromatic carbocycles. The van der Waals surface area contributed by atoms with Crippen LogP contribution in [0.25, 0.3) is 5.57 Å². The van der Waals surface area contributed by atoms with E-state index in [0.717, 1.165) is 18.5 Å². The number of nitrogens with zero attached hydrogens (tertiary/aromatic N) is 6. The van der Waals surface area contributed by atoms with Crippen LogP contribution in [0.1, 0.15) is 29.3 Å². The summed E-state index contributed by atoms with van der Waals surface area (Å²) in [4.78, 5) is 20.0. The van der Waals surface area contributed by atoms with Crippen molar-refractivity contribution in [2.75, 3.05) is 23.3 Å². The van der Waals surface area contributed by atoms with Crippen molar-refractivity contribution in [1.29, 1.82) is 0 Å². The van der Waals surface area contributed by atoms with Gasteiger partial charge in [-0.2, -0.15) is 4.80 Å². The zero-order valence-corrected chi connectivity index (χ0v) is 17.9. The normalized spacial score (nSPS) is 14.2. The van der Waals surface area contributed by atoms with E-state index < -0.39 is 0 Å². The topological polar surface area (TPSA) is 88.8 Å². The summed E-state index contributed by atoms with van der Waals surface area (Å²) in [7, 11) is 1.75. The molecular formula is C20H19Cl2N7O. The number of pyridine rings is 1. The molecule has 30 heavy (non-hydrogen) atoms. The Bertz CT molecular complexity index is 1100. The Morgan fingerprint density at radius 3 is 2.47 bits per heavy atom. The highest BCUT2D eigenvalue weighted by molar-refractivity contribution is 6.40. The van der Waals surface area contributed by atoms with Crippen LogP contribution < -0.4 is 10.2 Å². The maximum Gasteiger partial charge on any atom is 0.266 e. The van der Waals surface area contributed by atoms with Crippen molar-refractivity contribution in [3.8, 4) is 0 Å². The number of aryl methyl sites for hydroxylation is 1. The summed E-state index contributed by atoms with van der Waals surface area (Å²) in [6.07, 6.45) is 3.70. The van der Waals surface area contributed by atoms with Gasteiger partial charge in [0.2, 0.25) is 0 Å². The van der Waals surface area contributed by atoms with Gasteiger partial charge in [-0.1, -0.05) is 46.0 Å². The average Bonchev–Trinajstić information content (AvgIpc) is 3.15. The van der Waals surface area contributed by atoms with Gasteiger partial charge in [0.05, 0.1) is 22.7 Å². The first kappa shape index (κ1) is 20.3. The Kier molecular flexibility index (Phi) is 5.69. The van der Waals surface area contributed by atoms with E-state index in [1.165, 1.54) is 28.3 Å². The highest BCUT2D eigenvalue weighted by Crippen LogP contribution is 2.29. The molecule has 0 atom stereocenters. The Morgan fingerprint density at radius 1 is 1.13 bits per heavy atom. The molecule has 0 aliphatic carbocycles. The minimum absolute atomic E-state index is 0.204. The number of carbonyl (C=O) groups excluding carboxylic acids is 1. The molecule has 4 rings (SSSR count). The average molecular weight is 444 g/mol. The van der Waals surface area contributed by atoms with Gasteiger partial charge in [-0.3, -0.25) is 9.78 Å². The Balaban J connectivity index is 1.51. The number of benzene rings is 1. The van der Waals surface area contributed by atoms with Crippen molar-refractivity contribution < 1.29 is 4.79 Å². The number of halogens is 2. The van der Waals surface area contributed by atoms with Gasteiger partial charge in [-0.25, -0.2) is 0 Å². The number of carbonyl (C=O) groups is 1.